The topological polar surface area (TPSA) is 46.2 Å². The molecule has 0 fully saturated rings. The Balaban J connectivity index is 2.69. The summed E-state index contributed by atoms with van der Waals surface area (Å²) in [5, 5.41) is 8.49. The zero-order valence-electron chi connectivity index (χ0n) is 7.09. The highest BCUT2D eigenvalue weighted by Gasteiger charge is 1.89. The highest BCUT2D eigenvalue weighted by atomic mass is 32.2. The van der Waals surface area contributed by atoms with Crippen molar-refractivity contribution < 1.29 is 5.11 Å². The first-order valence-electron chi connectivity index (χ1n) is 4.30. The average molecular weight is 177 g/mol. The molecule has 0 rings (SSSR count). The number of nitrogens with two attached hydrogens (primary N) is 1. The summed E-state index contributed by atoms with van der Waals surface area (Å²) in [4.78, 5) is 0. The molecule has 3 N–H and O–H groups in total. The van der Waals surface area contributed by atoms with E-state index in [-0.39, 0.29) is 0 Å². The number of unbranched alkanes of at least 4 members (excludes halogenated alkanes) is 3. The van der Waals surface area contributed by atoms with Gasteiger partial charge in [-0.2, -0.15) is 11.8 Å². The quantitative estimate of drug-likeness (QED) is 0.548. The van der Waals surface area contributed by atoms with Crippen LogP contribution >= 0.6 is 11.8 Å². The standard InChI is InChI=1S/C8H19NOS/c9-5-8-11-7-4-2-1-3-6-10/h10H,1-9H2. The smallest absolute Gasteiger partial charge is 0.0431 e. The van der Waals surface area contributed by atoms with Crippen LogP contribution in [0.3, 0.4) is 0 Å². The maximum atomic E-state index is 8.49. The highest BCUT2D eigenvalue weighted by molar-refractivity contribution is 7.99. The van der Waals surface area contributed by atoms with E-state index in [0.29, 0.717) is 6.61 Å². The third-order valence-electron chi connectivity index (χ3n) is 1.46. The van der Waals surface area contributed by atoms with Crippen LogP contribution in [-0.4, -0.2) is 29.8 Å². The lowest BCUT2D eigenvalue weighted by Crippen LogP contribution is -2.01. The Morgan fingerprint density at radius 1 is 1.00 bits per heavy atom. The van der Waals surface area contributed by atoms with Gasteiger partial charge in [0.05, 0.1) is 0 Å². The number of thioether (sulfide) groups is 1. The van der Waals surface area contributed by atoms with Gasteiger partial charge in [-0.25, -0.2) is 0 Å². The monoisotopic (exact) mass is 177 g/mol. The van der Waals surface area contributed by atoms with E-state index in [9.17, 15) is 0 Å². The Bertz CT molecular complexity index is 63.1. The second-order valence-corrected chi connectivity index (χ2v) is 3.76. The van der Waals surface area contributed by atoms with Crippen molar-refractivity contribution in [2.45, 2.75) is 25.7 Å². The van der Waals surface area contributed by atoms with Gasteiger partial charge in [-0.15, -0.1) is 0 Å². The molecule has 0 radical (unpaired) electrons. The lowest BCUT2D eigenvalue weighted by atomic mass is 10.2. The van der Waals surface area contributed by atoms with Gasteiger partial charge in [-0.1, -0.05) is 12.8 Å². The zero-order chi connectivity index (χ0) is 8.36. The molecule has 0 aromatic rings. The summed E-state index contributed by atoms with van der Waals surface area (Å²) in [5.74, 6) is 2.31. The third kappa shape index (κ3) is 10.3. The molecule has 0 amide bonds. The molecule has 0 aliphatic carbocycles. The van der Waals surface area contributed by atoms with E-state index >= 15 is 0 Å². The van der Waals surface area contributed by atoms with Crippen molar-refractivity contribution >= 4 is 11.8 Å². The lowest BCUT2D eigenvalue weighted by Gasteiger charge is -1.98. The Morgan fingerprint density at radius 2 is 1.73 bits per heavy atom. The van der Waals surface area contributed by atoms with Crippen LogP contribution < -0.4 is 5.73 Å². The maximum Gasteiger partial charge on any atom is 0.0431 e. The lowest BCUT2D eigenvalue weighted by molar-refractivity contribution is 0.283. The maximum absolute atomic E-state index is 8.49. The van der Waals surface area contributed by atoms with Crippen LogP contribution in [0.5, 0.6) is 0 Å². The molecule has 0 bridgehead atoms. The van der Waals surface area contributed by atoms with Gasteiger partial charge >= 0.3 is 0 Å². The van der Waals surface area contributed by atoms with E-state index in [1.165, 1.54) is 25.0 Å². The molecule has 3 heteroatoms. The summed E-state index contributed by atoms with van der Waals surface area (Å²) < 4.78 is 0. The summed E-state index contributed by atoms with van der Waals surface area (Å²) >= 11 is 1.92. The van der Waals surface area contributed by atoms with Crippen LogP contribution in [0.1, 0.15) is 25.7 Å². The van der Waals surface area contributed by atoms with Crippen molar-refractivity contribution in [3.05, 3.63) is 0 Å². The minimum atomic E-state index is 0.343. The predicted octanol–water partition coefficient (Wildman–Crippen LogP) is 1.23. The van der Waals surface area contributed by atoms with Gasteiger partial charge in [0, 0.05) is 18.9 Å². The Kier molecular flexibility index (Phi) is 10.5. The molecule has 0 heterocycles. The van der Waals surface area contributed by atoms with Crippen LogP contribution in [0.15, 0.2) is 0 Å². The van der Waals surface area contributed by atoms with Gasteiger partial charge in [-0.3, -0.25) is 0 Å². The van der Waals surface area contributed by atoms with Gasteiger partial charge in [0.15, 0.2) is 0 Å². The Labute approximate surface area is 73.6 Å². The molecule has 0 spiro atoms. The summed E-state index contributed by atoms with van der Waals surface area (Å²) in [7, 11) is 0. The van der Waals surface area contributed by atoms with Gasteiger partial charge in [0.1, 0.15) is 0 Å². The number of aliphatic hydroxyl groups is 1. The Morgan fingerprint density at radius 3 is 2.36 bits per heavy atom. The second kappa shape index (κ2) is 10.3. The molecule has 0 aromatic heterocycles. The van der Waals surface area contributed by atoms with E-state index in [0.717, 1.165) is 18.7 Å². The molecular formula is C8H19NOS. The second-order valence-electron chi connectivity index (χ2n) is 2.54. The summed E-state index contributed by atoms with van der Waals surface area (Å²) in [6.07, 6.45) is 4.64. The summed E-state index contributed by atoms with van der Waals surface area (Å²) in [6.45, 7) is 1.14. The molecule has 0 saturated heterocycles. The van der Waals surface area contributed by atoms with Crippen molar-refractivity contribution in [3.8, 4) is 0 Å². The van der Waals surface area contributed by atoms with Crippen LogP contribution in [0, 0.1) is 0 Å². The number of aliphatic hydroxyl groups excluding tert-OH is 1. The van der Waals surface area contributed by atoms with Crippen molar-refractivity contribution in [3.63, 3.8) is 0 Å². The molecule has 11 heavy (non-hydrogen) atoms. The van der Waals surface area contributed by atoms with E-state index in [4.69, 9.17) is 10.8 Å². The largest absolute Gasteiger partial charge is 0.396 e. The third-order valence-corrected chi connectivity index (χ3v) is 2.56. The summed E-state index contributed by atoms with van der Waals surface area (Å²) in [5.41, 5.74) is 5.34. The number of hydrogen-bond acceptors (Lipinski definition) is 3. The van der Waals surface area contributed by atoms with Gasteiger partial charge in [-0.05, 0) is 18.6 Å². The van der Waals surface area contributed by atoms with Crippen LogP contribution in [0.25, 0.3) is 0 Å². The molecule has 0 aromatic carbocycles. The van der Waals surface area contributed by atoms with Crippen molar-refractivity contribution in [1.82, 2.24) is 0 Å². The normalized spacial score (nSPS) is 10.4. The van der Waals surface area contributed by atoms with Crippen LogP contribution in [-0.2, 0) is 0 Å². The molecule has 0 aliphatic rings. The predicted molar refractivity (Wildman–Crippen MR) is 51.9 cm³/mol. The van der Waals surface area contributed by atoms with Crippen LogP contribution in [0.4, 0.5) is 0 Å². The molecule has 2 nitrogen and oxygen atoms in total. The Hall–Kier alpha value is 0.270. The van der Waals surface area contributed by atoms with Crippen molar-refractivity contribution in [2.75, 3.05) is 24.7 Å². The van der Waals surface area contributed by atoms with E-state index < -0.39 is 0 Å². The molecule has 0 unspecified atom stereocenters. The number of hydrogen-bond donors (Lipinski definition) is 2. The van der Waals surface area contributed by atoms with Gasteiger partial charge in [0.2, 0.25) is 0 Å². The molecule has 0 atom stereocenters. The fourth-order valence-corrected chi connectivity index (χ4v) is 1.63. The SMILES string of the molecule is NCCSCCCCCCO. The first kappa shape index (κ1) is 11.3. The minimum Gasteiger partial charge on any atom is -0.396 e. The van der Waals surface area contributed by atoms with Gasteiger partial charge < -0.3 is 10.8 Å². The fraction of sp³-hybridized carbons (Fsp3) is 1.00. The van der Waals surface area contributed by atoms with E-state index in [1.54, 1.807) is 0 Å². The number of rotatable bonds is 8. The fourth-order valence-electron chi connectivity index (χ4n) is 0.855. The average Bonchev–Trinajstić information content (AvgIpc) is 2.03. The van der Waals surface area contributed by atoms with Crippen LogP contribution in [0.2, 0.25) is 0 Å². The minimum absolute atomic E-state index is 0.343. The van der Waals surface area contributed by atoms with Crippen molar-refractivity contribution in [2.24, 2.45) is 5.73 Å². The van der Waals surface area contributed by atoms with E-state index in [1.807, 2.05) is 11.8 Å². The molecular weight excluding hydrogens is 158 g/mol. The highest BCUT2D eigenvalue weighted by Crippen LogP contribution is 2.06. The molecule has 0 aliphatic heterocycles. The molecule has 0 saturated carbocycles. The van der Waals surface area contributed by atoms with E-state index in [2.05, 4.69) is 0 Å². The van der Waals surface area contributed by atoms with Crippen molar-refractivity contribution in [1.29, 1.82) is 0 Å². The zero-order valence-corrected chi connectivity index (χ0v) is 7.91. The first-order chi connectivity index (χ1) is 5.41. The van der Waals surface area contributed by atoms with Gasteiger partial charge in [0.25, 0.3) is 0 Å². The molecule has 68 valence electrons. The first-order valence-corrected chi connectivity index (χ1v) is 5.46. The summed E-state index contributed by atoms with van der Waals surface area (Å²) in [6, 6.07) is 0.